The molecule has 1 aromatic rings. The topological polar surface area (TPSA) is 92.7 Å². The SMILES string of the molecule is CC(=O)O[C@H]1CC[C@@]2(C)[C@H](CC[C@H]3C(/C=C4/Nc5ccccc5C4=O)[C@@](C)(C(=O)O)CC[C@@H]32)C1. The van der Waals surface area contributed by atoms with Gasteiger partial charge in [-0.3, -0.25) is 14.4 Å². The second-order valence-electron chi connectivity index (χ2n) is 11.4. The lowest BCUT2D eigenvalue weighted by Gasteiger charge is -2.60. The fraction of sp³-hybridized carbons (Fsp3) is 0.607. The van der Waals surface area contributed by atoms with Crippen LogP contribution in [0.4, 0.5) is 5.69 Å². The molecule has 0 spiro atoms. The van der Waals surface area contributed by atoms with E-state index in [1.54, 1.807) is 0 Å². The smallest absolute Gasteiger partial charge is 0.309 e. The molecular formula is C28H35NO5. The van der Waals surface area contributed by atoms with Crippen LogP contribution in [-0.4, -0.2) is 28.9 Å². The molecule has 0 saturated heterocycles. The lowest BCUT2D eigenvalue weighted by Crippen LogP contribution is -2.55. The molecule has 6 heteroatoms. The summed E-state index contributed by atoms with van der Waals surface area (Å²) < 4.78 is 5.57. The van der Waals surface area contributed by atoms with Crippen molar-refractivity contribution >= 4 is 23.4 Å². The molecule has 3 saturated carbocycles. The maximum atomic E-state index is 13.1. The summed E-state index contributed by atoms with van der Waals surface area (Å²) in [5.41, 5.74) is 1.17. The van der Waals surface area contributed by atoms with Gasteiger partial charge in [0, 0.05) is 18.2 Å². The van der Waals surface area contributed by atoms with Crippen molar-refractivity contribution in [1.29, 1.82) is 0 Å². The van der Waals surface area contributed by atoms with Crippen LogP contribution < -0.4 is 5.32 Å². The van der Waals surface area contributed by atoms with E-state index in [1.165, 1.54) is 6.92 Å². The van der Waals surface area contributed by atoms with E-state index in [2.05, 4.69) is 12.2 Å². The van der Waals surface area contributed by atoms with Crippen LogP contribution in [0.5, 0.6) is 0 Å². The van der Waals surface area contributed by atoms with Crippen molar-refractivity contribution in [3.05, 3.63) is 41.6 Å². The number of ether oxygens (including phenoxy) is 1. The number of carboxylic acids is 1. The molecule has 3 fully saturated rings. The van der Waals surface area contributed by atoms with E-state index in [0.29, 0.717) is 29.5 Å². The van der Waals surface area contributed by atoms with Gasteiger partial charge in [0.1, 0.15) is 6.10 Å². The molecule has 0 bridgehead atoms. The van der Waals surface area contributed by atoms with Crippen LogP contribution in [0.2, 0.25) is 0 Å². The first-order valence-corrected chi connectivity index (χ1v) is 12.7. The molecule has 1 aliphatic heterocycles. The lowest BCUT2D eigenvalue weighted by molar-refractivity contribution is -0.168. The van der Waals surface area contributed by atoms with E-state index < -0.39 is 11.4 Å². The first kappa shape index (κ1) is 23.1. The number of aliphatic carboxylic acids is 1. The molecule has 34 heavy (non-hydrogen) atoms. The number of hydrogen-bond donors (Lipinski definition) is 2. The third kappa shape index (κ3) is 3.57. The van der Waals surface area contributed by atoms with Crippen LogP contribution in [0, 0.1) is 34.5 Å². The monoisotopic (exact) mass is 465 g/mol. The number of esters is 1. The first-order valence-electron chi connectivity index (χ1n) is 12.7. The van der Waals surface area contributed by atoms with E-state index in [0.717, 1.165) is 44.2 Å². The number of carbonyl (C=O) groups excluding carboxylic acids is 2. The highest BCUT2D eigenvalue weighted by Crippen LogP contribution is 2.63. The summed E-state index contributed by atoms with van der Waals surface area (Å²) in [4.78, 5) is 37.2. The van der Waals surface area contributed by atoms with Gasteiger partial charge in [-0.05, 0) is 93.1 Å². The number of benzene rings is 1. The quantitative estimate of drug-likeness (QED) is 0.456. The van der Waals surface area contributed by atoms with Crippen LogP contribution in [0.15, 0.2) is 36.0 Å². The Morgan fingerprint density at radius 2 is 1.88 bits per heavy atom. The van der Waals surface area contributed by atoms with Gasteiger partial charge in [0.05, 0.1) is 11.1 Å². The van der Waals surface area contributed by atoms with Gasteiger partial charge >= 0.3 is 11.9 Å². The fourth-order valence-electron chi connectivity index (χ4n) is 7.80. The number of rotatable bonds is 3. The van der Waals surface area contributed by atoms with Crippen molar-refractivity contribution in [2.75, 3.05) is 5.32 Å². The van der Waals surface area contributed by atoms with Gasteiger partial charge in [-0.15, -0.1) is 0 Å². The van der Waals surface area contributed by atoms with Crippen molar-refractivity contribution in [2.24, 2.45) is 34.5 Å². The second-order valence-corrected chi connectivity index (χ2v) is 11.4. The zero-order chi connectivity index (χ0) is 24.3. The number of anilines is 1. The van der Waals surface area contributed by atoms with Gasteiger partial charge in [0.15, 0.2) is 0 Å². The number of Topliss-reactive ketones (excluding diaryl/α,β-unsaturated/α-hetero) is 1. The minimum Gasteiger partial charge on any atom is -0.481 e. The molecule has 7 atom stereocenters. The first-order chi connectivity index (χ1) is 16.1. The average Bonchev–Trinajstić information content (AvgIpc) is 3.11. The largest absolute Gasteiger partial charge is 0.481 e. The maximum Gasteiger partial charge on any atom is 0.309 e. The lowest BCUT2D eigenvalue weighted by atomic mass is 9.44. The highest BCUT2D eigenvalue weighted by molar-refractivity contribution is 6.18. The number of para-hydroxylation sites is 1. The Kier molecular flexibility index (Phi) is 5.61. The van der Waals surface area contributed by atoms with Gasteiger partial charge in [-0.2, -0.15) is 0 Å². The highest BCUT2D eigenvalue weighted by atomic mass is 16.5. The van der Waals surface area contributed by atoms with Crippen LogP contribution in [-0.2, 0) is 14.3 Å². The summed E-state index contributed by atoms with van der Waals surface area (Å²) in [6.07, 6.45) is 8.16. The van der Waals surface area contributed by atoms with E-state index >= 15 is 0 Å². The predicted molar refractivity (Wildman–Crippen MR) is 128 cm³/mol. The summed E-state index contributed by atoms with van der Waals surface area (Å²) in [5, 5.41) is 13.6. The number of nitrogens with one attached hydrogen (secondary N) is 1. The van der Waals surface area contributed by atoms with Gasteiger partial charge in [-0.25, -0.2) is 0 Å². The zero-order valence-electron chi connectivity index (χ0n) is 20.3. The molecule has 4 aliphatic rings. The molecule has 0 amide bonds. The Labute approximate surface area is 201 Å². The summed E-state index contributed by atoms with van der Waals surface area (Å²) in [5.74, 6) is -0.157. The molecule has 0 aromatic heterocycles. The number of allylic oxidation sites excluding steroid dienone is 2. The number of carbonyl (C=O) groups is 3. The van der Waals surface area contributed by atoms with E-state index in [9.17, 15) is 19.5 Å². The van der Waals surface area contributed by atoms with Crippen LogP contribution >= 0.6 is 0 Å². The Balaban J connectivity index is 1.46. The van der Waals surface area contributed by atoms with Crippen LogP contribution in [0.1, 0.15) is 76.1 Å². The molecular weight excluding hydrogens is 430 g/mol. The van der Waals surface area contributed by atoms with Crippen LogP contribution in [0.3, 0.4) is 0 Å². The zero-order valence-corrected chi connectivity index (χ0v) is 20.3. The Hall–Kier alpha value is -2.63. The van der Waals surface area contributed by atoms with Crippen molar-refractivity contribution in [1.82, 2.24) is 0 Å². The van der Waals surface area contributed by atoms with Gasteiger partial charge in [0.25, 0.3) is 0 Å². The number of ketones is 1. The Morgan fingerprint density at radius 3 is 2.59 bits per heavy atom. The van der Waals surface area contributed by atoms with E-state index in [4.69, 9.17) is 4.74 Å². The summed E-state index contributed by atoms with van der Waals surface area (Å²) in [7, 11) is 0. The molecule has 1 unspecified atom stereocenters. The minimum absolute atomic E-state index is 0.00303. The predicted octanol–water partition coefficient (Wildman–Crippen LogP) is 5.44. The highest BCUT2D eigenvalue weighted by Gasteiger charge is 2.59. The Morgan fingerprint density at radius 1 is 1.12 bits per heavy atom. The molecule has 6 nitrogen and oxygen atoms in total. The number of fused-ring (bicyclic) bond motifs is 4. The second kappa shape index (κ2) is 8.24. The standard InChI is InChI=1S/C28H35NO5/c1-16(30)34-18-10-12-27(2)17(14-18)8-9-19-21(27)11-13-28(3,26(32)33)22(19)15-24-25(31)20-6-4-5-7-23(20)29-24/h4-7,15,17-19,21-22,29H,8-14H2,1-3H3,(H,32,33)/b24-15+/t17-,18+,19-,21+,22?,27+,28+/m1/s1. The molecule has 1 aromatic carbocycles. The van der Waals surface area contributed by atoms with Gasteiger partial charge in [-0.1, -0.05) is 25.1 Å². The van der Waals surface area contributed by atoms with Crippen molar-refractivity contribution in [2.45, 2.75) is 71.8 Å². The van der Waals surface area contributed by atoms with Crippen molar-refractivity contribution in [3.8, 4) is 0 Å². The van der Waals surface area contributed by atoms with Crippen LogP contribution in [0.25, 0.3) is 0 Å². The Bertz CT molecular complexity index is 1060. The fourth-order valence-corrected chi connectivity index (χ4v) is 7.80. The average molecular weight is 466 g/mol. The molecule has 0 radical (unpaired) electrons. The molecule has 3 aliphatic carbocycles. The summed E-state index contributed by atoms with van der Waals surface area (Å²) >= 11 is 0. The molecule has 182 valence electrons. The molecule has 2 N–H and O–H groups in total. The molecule has 1 heterocycles. The van der Waals surface area contributed by atoms with E-state index in [-0.39, 0.29) is 35.1 Å². The van der Waals surface area contributed by atoms with Gasteiger partial charge in [0.2, 0.25) is 5.78 Å². The number of carboxylic acid groups (broad SMARTS) is 1. The van der Waals surface area contributed by atoms with Crippen molar-refractivity contribution < 1.29 is 24.2 Å². The third-order valence-electron chi connectivity index (χ3n) is 9.72. The van der Waals surface area contributed by atoms with E-state index in [1.807, 2.05) is 37.3 Å². The summed E-state index contributed by atoms with van der Waals surface area (Å²) in [6, 6.07) is 7.46. The normalized spacial score (nSPS) is 40.0. The van der Waals surface area contributed by atoms with Gasteiger partial charge < -0.3 is 15.2 Å². The minimum atomic E-state index is -0.900. The van der Waals surface area contributed by atoms with Crippen molar-refractivity contribution in [3.63, 3.8) is 0 Å². The third-order valence-corrected chi connectivity index (χ3v) is 9.72. The summed E-state index contributed by atoms with van der Waals surface area (Å²) in [6.45, 7) is 5.72. The maximum absolute atomic E-state index is 13.1. The molecule has 5 rings (SSSR count). The number of hydrogen-bond acceptors (Lipinski definition) is 5.